The Morgan fingerprint density at radius 3 is 2.32 bits per heavy atom. The zero-order valence-electron chi connectivity index (χ0n) is 19.5. The molecule has 34 heavy (non-hydrogen) atoms. The minimum Gasteiger partial charge on any atom is -0.507 e. The summed E-state index contributed by atoms with van der Waals surface area (Å²) in [5, 5.41) is 24.4. The van der Waals surface area contributed by atoms with Gasteiger partial charge in [-0.3, -0.25) is 9.59 Å². The maximum Gasteiger partial charge on any atom is 0.331 e. The molecular formula is C27H27NO6. The summed E-state index contributed by atoms with van der Waals surface area (Å²) in [6, 6.07) is 10.1. The van der Waals surface area contributed by atoms with Gasteiger partial charge in [-0.25, -0.2) is 4.79 Å². The van der Waals surface area contributed by atoms with Crippen molar-refractivity contribution < 1.29 is 29.3 Å². The summed E-state index contributed by atoms with van der Waals surface area (Å²) in [4.78, 5) is 38.7. The molecule has 0 bridgehead atoms. The van der Waals surface area contributed by atoms with E-state index in [4.69, 9.17) is 4.74 Å². The van der Waals surface area contributed by atoms with Crippen LogP contribution in [-0.4, -0.2) is 33.9 Å². The Bertz CT molecular complexity index is 1230. The number of carbonyl (C=O) groups is 3. The predicted octanol–water partition coefficient (Wildman–Crippen LogP) is 5.38. The number of anilines is 2. The van der Waals surface area contributed by atoms with Crippen molar-refractivity contribution in [1.29, 1.82) is 0 Å². The van der Waals surface area contributed by atoms with E-state index >= 15 is 0 Å². The number of aromatic hydroxyl groups is 2. The number of benzene rings is 2. The first-order valence-corrected chi connectivity index (χ1v) is 10.8. The van der Waals surface area contributed by atoms with Gasteiger partial charge in [-0.2, -0.15) is 0 Å². The van der Waals surface area contributed by atoms with Crippen LogP contribution in [-0.2, 0) is 9.53 Å². The van der Waals surface area contributed by atoms with Gasteiger partial charge in [0.2, 0.25) is 0 Å². The van der Waals surface area contributed by atoms with Gasteiger partial charge in [0.05, 0.1) is 16.8 Å². The molecule has 0 radical (unpaired) electrons. The lowest BCUT2D eigenvalue weighted by molar-refractivity contribution is -0.141. The van der Waals surface area contributed by atoms with Gasteiger partial charge in [-0.1, -0.05) is 35.4 Å². The van der Waals surface area contributed by atoms with Crippen molar-refractivity contribution in [2.24, 2.45) is 0 Å². The number of rotatable bonds is 7. The normalized spacial score (nSPS) is 13.4. The van der Waals surface area contributed by atoms with E-state index in [0.29, 0.717) is 5.69 Å². The molecule has 3 rings (SSSR count). The van der Waals surface area contributed by atoms with Crippen molar-refractivity contribution in [3.05, 3.63) is 82.5 Å². The highest BCUT2D eigenvalue weighted by atomic mass is 16.5. The van der Waals surface area contributed by atoms with Gasteiger partial charge in [0, 0.05) is 29.8 Å². The lowest BCUT2D eigenvalue weighted by Gasteiger charge is -2.24. The van der Waals surface area contributed by atoms with Gasteiger partial charge in [0.1, 0.15) is 11.9 Å². The molecule has 0 saturated carbocycles. The van der Waals surface area contributed by atoms with Gasteiger partial charge in [-0.05, 0) is 45.9 Å². The second kappa shape index (κ2) is 10.2. The van der Waals surface area contributed by atoms with Crippen LogP contribution < -0.4 is 5.32 Å². The number of esters is 1. The maximum absolute atomic E-state index is 13.5. The molecule has 2 aromatic carbocycles. The Labute approximate surface area is 198 Å². The number of hydrogen-bond donors (Lipinski definition) is 3. The molecule has 7 heteroatoms. The summed E-state index contributed by atoms with van der Waals surface area (Å²) < 4.78 is 5.52. The maximum atomic E-state index is 13.5. The van der Waals surface area contributed by atoms with Crippen LogP contribution in [0.3, 0.4) is 0 Å². The fourth-order valence-corrected chi connectivity index (χ4v) is 3.55. The predicted molar refractivity (Wildman–Crippen MR) is 130 cm³/mol. The SMILES string of the molecule is CC(C)=CCC(OC(=O)C=C(C)C)C1=CC(=O)c2c(O)cc(Nc3ccccc3)c(O)c2C1=O. The molecule has 0 saturated heterocycles. The van der Waals surface area contributed by atoms with Gasteiger partial charge in [0.15, 0.2) is 17.3 Å². The molecule has 0 aliphatic heterocycles. The number of ketones is 2. The smallest absolute Gasteiger partial charge is 0.331 e. The molecule has 7 nitrogen and oxygen atoms in total. The number of phenolic OH excluding ortho intramolecular Hbond substituents is 2. The van der Waals surface area contributed by atoms with Crippen LogP contribution in [0.2, 0.25) is 0 Å². The third-order valence-corrected chi connectivity index (χ3v) is 5.11. The van der Waals surface area contributed by atoms with Crippen LogP contribution in [0.1, 0.15) is 54.8 Å². The summed E-state index contributed by atoms with van der Waals surface area (Å²) in [6.07, 6.45) is 3.27. The van der Waals surface area contributed by atoms with Crippen LogP contribution in [0.4, 0.5) is 11.4 Å². The van der Waals surface area contributed by atoms with E-state index in [2.05, 4.69) is 5.32 Å². The zero-order valence-corrected chi connectivity index (χ0v) is 19.5. The summed E-state index contributed by atoms with van der Waals surface area (Å²) in [7, 11) is 0. The minimum atomic E-state index is -1.05. The number of hydrogen-bond acceptors (Lipinski definition) is 7. The Kier molecular flexibility index (Phi) is 7.36. The number of carbonyl (C=O) groups excluding carboxylic acids is 3. The molecular weight excluding hydrogens is 434 g/mol. The second-order valence-electron chi connectivity index (χ2n) is 8.49. The van der Waals surface area contributed by atoms with Crippen molar-refractivity contribution in [2.45, 2.75) is 40.2 Å². The van der Waals surface area contributed by atoms with Gasteiger partial charge >= 0.3 is 5.97 Å². The number of Topliss-reactive ketones (excluding diaryl/α,β-unsaturated/α-hetero) is 1. The van der Waals surface area contributed by atoms with E-state index in [1.165, 1.54) is 12.1 Å². The Morgan fingerprint density at radius 1 is 1.03 bits per heavy atom. The average molecular weight is 462 g/mol. The molecule has 0 fully saturated rings. The van der Waals surface area contributed by atoms with Gasteiger partial charge in [0.25, 0.3) is 0 Å². The first kappa shape index (κ1) is 24.5. The van der Waals surface area contributed by atoms with E-state index in [1.54, 1.807) is 44.2 Å². The van der Waals surface area contributed by atoms with E-state index in [9.17, 15) is 24.6 Å². The molecule has 176 valence electrons. The third kappa shape index (κ3) is 5.43. The lowest BCUT2D eigenvalue weighted by atomic mass is 9.84. The average Bonchev–Trinajstić information content (AvgIpc) is 2.76. The van der Waals surface area contributed by atoms with Gasteiger partial charge in [-0.15, -0.1) is 0 Å². The number of allylic oxidation sites excluding steroid dienone is 3. The quantitative estimate of drug-likeness (QED) is 0.167. The van der Waals surface area contributed by atoms with Crippen molar-refractivity contribution in [1.82, 2.24) is 0 Å². The van der Waals surface area contributed by atoms with E-state index in [-0.39, 0.29) is 28.8 Å². The Morgan fingerprint density at radius 2 is 1.71 bits per heavy atom. The first-order chi connectivity index (χ1) is 16.1. The van der Waals surface area contributed by atoms with Crippen molar-refractivity contribution in [3.8, 4) is 11.5 Å². The zero-order chi connectivity index (χ0) is 25.0. The molecule has 1 aliphatic carbocycles. The molecule has 1 unspecified atom stereocenters. The molecule has 1 atom stereocenters. The standard InChI is InChI=1S/C27H27NO6/c1-15(2)10-11-22(34-23(31)12-16(3)4)18-13-20(29)24-21(30)14-19(27(33)25(24)26(18)32)28-17-8-6-5-7-9-17/h5-10,12-14,22,28,30,33H,11H2,1-4H3. The summed E-state index contributed by atoms with van der Waals surface area (Å²) in [5.41, 5.74) is 1.64. The van der Waals surface area contributed by atoms with Crippen LogP contribution in [0.25, 0.3) is 0 Å². The molecule has 0 heterocycles. The third-order valence-electron chi connectivity index (χ3n) is 5.11. The topological polar surface area (TPSA) is 113 Å². The van der Waals surface area contributed by atoms with Crippen LogP contribution >= 0.6 is 0 Å². The number of para-hydroxylation sites is 1. The molecule has 0 spiro atoms. The van der Waals surface area contributed by atoms with Crippen molar-refractivity contribution >= 4 is 28.9 Å². The van der Waals surface area contributed by atoms with Crippen molar-refractivity contribution in [3.63, 3.8) is 0 Å². The molecule has 1 aliphatic rings. The lowest BCUT2D eigenvalue weighted by Crippen LogP contribution is -2.29. The highest BCUT2D eigenvalue weighted by molar-refractivity contribution is 6.27. The molecule has 0 amide bonds. The van der Waals surface area contributed by atoms with Crippen LogP contribution in [0.15, 0.2) is 71.3 Å². The van der Waals surface area contributed by atoms with E-state index < -0.39 is 35.1 Å². The monoisotopic (exact) mass is 461 g/mol. The first-order valence-electron chi connectivity index (χ1n) is 10.8. The number of nitrogens with one attached hydrogen (secondary N) is 1. The number of phenols is 2. The minimum absolute atomic E-state index is 0.0623. The van der Waals surface area contributed by atoms with Crippen LogP contribution in [0.5, 0.6) is 11.5 Å². The van der Waals surface area contributed by atoms with Crippen molar-refractivity contribution in [2.75, 3.05) is 5.32 Å². The van der Waals surface area contributed by atoms with E-state index in [1.807, 2.05) is 19.9 Å². The largest absolute Gasteiger partial charge is 0.507 e. The molecule has 0 aromatic heterocycles. The Balaban J connectivity index is 2.06. The Hall–Kier alpha value is -4.13. The van der Waals surface area contributed by atoms with E-state index in [0.717, 1.165) is 17.2 Å². The highest BCUT2D eigenvalue weighted by Gasteiger charge is 2.36. The van der Waals surface area contributed by atoms with Crippen LogP contribution in [0, 0.1) is 0 Å². The fraction of sp³-hybridized carbons (Fsp3) is 0.222. The summed E-state index contributed by atoms with van der Waals surface area (Å²) >= 11 is 0. The van der Waals surface area contributed by atoms with Gasteiger partial charge < -0.3 is 20.3 Å². The molecule has 3 N–H and O–H groups in total. The number of fused-ring (bicyclic) bond motifs is 1. The summed E-state index contributed by atoms with van der Waals surface area (Å²) in [6.45, 7) is 7.19. The summed E-state index contributed by atoms with van der Waals surface area (Å²) in [5.74, 6) is -2.93. The number of ether oxygens (including phenoxy) is 1. The fourth-order valence-electron chi connectivity index (χ4n) is 3.55. The highest BCUT2D eigenvalue weighted by Crippen LogP contribution is 2.42. The second-order valence-corrected chi connectivity index (χ2v) is 8.49. The molecule has 2 aromatic rings.